The number of piperidine rings is 1. The number of nitrogens with zero attached hydrogens (tertiary/aromatic N) is 1. The van der Waals surface area contributed by atoms with Crippen LogP contribution in [0.25, 0.3) is 0 Å². The molecule has 3 heteroatoms. The van der Waals surface area contributed by atoms with Crippen LogP contribution >= 0.6 is 0 Å². The van der Waals surface area contributed by atoms with Gasteiger partial charge in [-0.25, -0.2) is 0 Å². The molecule has 0 aliphatic carbocycles. The lowest BCUT2D eigenvalue weighted by atomic mass is 9.71. The first-order chi connectivity index (χ1) is 13.7. The minimum atomic E-state index is -0.745. The van der Waals surface area contributed by atoms with Gasteiger partial charge in [0.25, 0.3) is 0 Å². The van der Waals surface area contributed by atoms with Crippen LogP contribution in [0, 0.1) is 0 Å². The summed E-state index contributed by atoms with van der Waals surface area (Å²) in [6.07, 6.45) is 6.13. The van der Waals surface area contributed by atoms with Crippen LogP contribution in [0.3, 0.4) is 0 Å². The molecular weight excluding hydrogens is 346 g/mol. The van der Waals surface area contributed by atoms with Gasteiger partial charge in [0.15, 0.2) is 0 Å². The molecule has 0 amide bonds. The number of rotatable bonds is 6. The molecule has 2 heterocycles. The van der Waals surface area contributed by atoms with Gasteiger partial charge < -0.3 is 4.74 Å². The molecule has 148 valence electrons. The van der Waals surface area contributed by atoms with Gasteiger partial charge in [0.1, 0.15) is 11.5 Å². The first-order valence-electron chi connectivity index (χ1n) is 10.7. The fraction of sp³-hybridized carbons (Fsp3) is 0.480. The molecule has 2 fully saturated rings. The van der Waals surface area contributed by atoms with Gasteiger partial charge in [0.05, 0.1) is 0 Å². The topological polar surface area (TPSA) is 29.5 Å². The Hall–Kier alpha value is -2.13. The molecule has 28 heavy (non-hydrogen) atoms. The highest BCUT2D eigenvalue weighted by molar-refractivity contribution is 5.88. The number of hydrogen-bond donors (Lipinski definition) is 0. The Bertz CT molecular complexity index is 749. The molecule has 0 unspecified atom stereocenters. The molecular formula is C25H31NO2. The van der Waals surface area contributed by atoms with Crippen LogP contribution in [0.5, 0.6) is 0 Å². The summed E-state index contributed by atoms with van der Waals surface area (Å²) in [6, 6.07) is 21.4. The van der Waals surface area contributed by atoms with E-state index in [9.17, 15) is 4.79 Å². The van der Waals surface area contributed by atoms with Gasteiger partial charge in [-0.1, -0.05) is 74.0 Å². The summed E-state index contributed by atoms with van der Waals surface area (Å²) in [7, 11) is 2.19. The van der Waals surface area contributed by atoms with Gasteiger partial charge in [-0.15, -0.1) is 0 Å². The van der Waals surface area contributed by atoms with Crippen molar-refractivity contribution in [2.24, 2.45) is 0 Å². The average molecular weight is 378 g/mol. The maximum atomic E-state index is 13.9. The van der Waals surface area contributed by atoms with Crippen LogP contribution in [0.15, 0.2) is 60.7 Å². The SMILES string of the molecule is CCCC(C(=O)O[C@@H]1CC[C@@H]2CC[C@H]1N2C)(c1ccccc1)c1ccccc1. The Kier molecular flexibility index (Phi) is 5.54. The smallest absolute Gasteiger partial charge is 0.321 e. The van der Waals surface area contributed by atoms with Crippen molar-refractivity contribution in [2.75, 3.05) is 7.05 Å². The summed E-state index contributed by atoms with van der Waals surface area (Å²) in [5, 5.41) is 0. The van der Waals surface area contributed by atoms with Crippen molar-refractivity contribution in [3.8, 4) is 0 Å². The lowest BCUT2D eigenvalue weighted by Crippen LogP contribution is -2.49. The van der Waals surface area contributed by atoms with Crippen molar-refractivity contribution in [3.05, 3.63) is 71.8 Å². The summed E-state index contributed by atoms with van der Waals surface area (Å²) >= 11 is 0. The molecule has 0 radical (unpaired) electrons. The van der Waals surface area contributed by atoms with E-state index in [0.717, 1.165) is 43.2 Å². The second-order valence-electron chi connectivity index (χ2n) is 8.37. The standard InChI is InChI=1S/C25H31NO2/c1-3-18-25(19-10-6-4-7-11-19,20-12-8-5-9-13-20)24(27)28-23-17-15-21-14-16-22(23)26(21)2/h4-13,21-23H,3,14-18H2,1-2H3/t21-,22+,23+/m0/s1. The minimum absolute atomic E-state index is 0.0000874. The van der Waals surface area contributed by atoms with Crippen molar-refractivity contribution in [1.82, 2.24) is 4.90 Å². The van der Waals surface area contributed by atoms with Crippen molar-refractivity contribution >= 4 is 5.97 Å². The van der Waals surface area contributed by atoms with E-state index in [2.05, 4.69) is 43.1 Å². The Morgan fingerprint density at radius 3 is 2.11 bits per heavy atom. The zero-order valence-electron chi connectivity index (χ0n) is 17.0. The van der Waals surface area contributed by atoms with E-state index in [-0.39, 0.29) is 12.1 Å². The van der Waals surface area contributed by atoms with Gasteiger partial charge in [-0.05, 0) is 50.3 Å². The summed E-state index contributed by atoms with van der Waals surface area (Å²) in [5.74, 6) is -0.0875. The molecule has 3 nitrogen and oxygen atoms in total. The van der Waals surface area contributed by atoms with Crippen molar-refractivity contribution < 1.29 is 9.53 Å². The van der Waals surface area contributed by atoms with E-state index in [1.54, 1.807) is 0 Å². The van der Waals surface area contributed by atoms with E-state index < -0.39 is 5.41 Å². The van der Waals surface area contributed by atoms with E-state index in [1.165, 1.54) is 6.42 Å². The van der Waals surface area contributed by atoms with Crippen LogP contribution in [0.2, 0.25) is 0 Å². The number of hydrogen-bond acceptors (Lipinski definition) is 3. The molecule has 0 spiro atoms. The first kappa shape index (κ1) is 19.2. The first-order valence-corrected chi connectivity index (χ1v) is 10.7. The molecule has 2 aromatic carbocycles. The molecule has 2 saturated heterocycles. The zero-order chi connectivity index (χ0) is 19.6. The van der Waals surface area contributed by atoms with E-state index >= 15 is 0 Å². The maximum absolute atomic E-state index is 13.9. The molecule has 2 bridgehead atoms. The molecule has 0 saturated carbocycles. The van der Waals surface area contributed by atoms with E-state index in [1.807, 2.05) is 36.4 Å². The third-order valence-corrected chi connectivity index (χ3v) is 6.87. The third-order valence-electron chi connectivity index (χ3n) is 6.87. The minimum Gasteiger partial charge on any atom is -0.460 e. The Labute approximate surface area is 168 Å². The number of carbonyl (C=O) groups excluding carboxylic acids is 1. The van der Waals surface area contributed by atoms with E-state index in [4.69, 9.17) is 4.74 Å². The van der Waals surface area contributed by atoms with E-state index in [0.29, 0.717) is 12.1 Å². The highest BCUT2D eigenvalue weighted by Gasteiger charge is 2.47. The van der Waals surface area contributed by atoms with Crippen LogP contribution in [0.4, 0.5) is 0 Å². The molecule has 4 rings (SSSR count). The molecule has 2 aromatic rings. The molecule has 3 atom stereocenters. The molecule has 2 aliphatic heterocycles. The largest absolute Gasteiger partial charge is 0.460 e. The lowest BCUT2D eigenvalue weighted by Gasteiger charge is -2.40. The number of benzene rings is 2. The highest BCUT2D eigenvalue weighted by atomic mass is 16.5. The predicted octanol–water partition coefficient (Wildman–Crippen LogP) is 4.94. The summed E-state index contributed by atoms with van der Waals surface area (Å²) in [6.45, 7) is 2.14. The number of fused-ring (bicyclic) bond motifs is 2. The fourth-order valence-corrected chi connectivity index (χ4v) is 5.38. The van der Waals surface area contributed by atoms with Crippen LogP contribution in [-0.2, 0) is 14.9 Å². The van der Waals surface area contributed by atoms with Gasteiger partial charge >= 0.3 is 5.97 Å². The zero-order valence-corrected chi connectivity index (χ0v) is 17.0. The normalized spacial score (nSPS) is 24.9. The van der Waals surface area contributed by atoms with Gasteiger partial charge in [-0.3, -0.25) is 9.69 Å². The molecule has 0 aromatic heterocycles. The number of ether oxygens (including phenoxy) is 1. The second kappa shape index (κ2) is 8.08. The van der Waals surface area contributed by atoms with Crippen molar-refractivity contribution in [2.45, 2.75) is 69.1 Å². The van der Waals surface area contributed by atoms with Crippen molar-refractivity contribution in [1.29, 1.82) is 0 Å². The highest BCUT2D eigenvalue weighted by Crippen LogP contribution is 2.41. The molecule has 0 N–H and O–H groups in total. The lowest BCUT2D eigenvalue weighted by molar-refractivity contribution is -0.160. The summed E-state index contributed by atoms with van der Waals surface area (Å²) in [4.78, 5) is 16.3. The third kappa shape index (κ3) is 3.26. The van der Waals surface area contributed by atoms with Gasteiger partial charge in [0.2, 0.25) is 0 Å². The van der Waals surface area contributed by atoms with Crippen LogP contribution in [0.1, 0.15) is 56.6 Å². The quantitative estimate of drug-likeness (QED) is 0.668. The van der Waals surface area contributed by atoms with Crippen LogP contribution in [-0.4, -0.2) is 36.1 Å². The Morgan fingerprint density at radius 2 is 1.54 bits per heavy atom. The monoisotopic (exact) mass is 377 g/mol. The number of esters is 1. The fourth-order valence-electron chi connectivity index (χ4n) is 5.38. The van der Waals surface area contributed by atoms with Gasteiger partial charge in [-0.2, -0.15) is 0 Å². The predicted molar refractivity (Wildman–Crippen MR) is 112 cm³/mol. The van der Waals surface area contributed by atoms with Crippen molar-refractivity contribution in [3.63, 3.8) is 0 Å². The number of likely N-dealkylation sites (N-methyl/N-ethyl adjacent to an activating group) is 1. The Morgan fingerprint density at radius 1 is 0.964 bits per heavy atom. The Balaban J connectivity index is 1.71. The average Bonchev–Trinajstić information content (AvgIpc) is 2.97. The molecule has 2 aliphatic rings. The summed E-state index contributed by atoms with van der Waals surface area (Å²) < 4.78 is 6.34. The second-order valence-corrected chi connectivity index (χ2v) is 8.37. The summed E-state index contributed by atoms with van der Waals surface area (Å²) in [5.41, 5.74) is 1.31. The maximum Gasteiger partial charge on any atom is 0.321 e. The van der Waals surface area contributed by atoms with Gasteiger partial charge in [0, 0.05) is 12.1 Å². The number of carbonyl (C=O) groups is 1. The van der Waals surface area contributed by atoms with Crippen LogP contribution < -0.4 is 0 Å².